The molecular weight excluding hydrogens is 248 g/mol. The van der Waals surface area contributed by atoms with E-state index in [9.17, 15) is 0 Å². The van der Waals surface area contributed by atoms with Crippen molar-refractivity contribution in [1.82, 2.24) is 10.2 Å². The molecule has 2 heterocycles. The first-order chi connectivity index (χ1) is 9.74. The third-order valence-corrected chi connectivity index (χ3v) is 4.46. The van der Waals surface area contributed by atoms with Crippen LogP contribution in [0.15, 0.2) is 34.7 Å². The second-order valence-electron chi connectivity index (χ2n) is 6.01. The van der Waals surface area contributed by atoms with E-state index < -0.39 is 0 Å². The predicted octanol–water partition coefficient (Wildman–Crippen LogP) is 3.43. The molecule has 0 bridgehead atoms. The fourth-order valence-electron chi connectivity index (χ4n) is 3.07. The summed E-state index contributed by atoms with van der Waals surface area (Å²) in [4.78, 5) is 2.41. The largest absolute Gasteiger partial charge is 0.459 e. The van der Waals surface area contributed by atoms with Crippen LogP contribution in [0.2, 0.25) is 0 Å². The van der Waals surface area contributed by atoms with E-state index >= 15 is 0 Å². The smallest absolute Gasteiger partial charge is 0.134 e. The summed E-state index contributed by atoms with van der Waals surface area (Å²) in [5.41, 5.74) is 0.988. The monoisotopic (exact) mass is 272 g/mol. The number of nitrogens with one attached hydrogen (secondary N) is 1. The fraction of sp³-hybridized carbons (Fsp3) is 0.529. The summed E-state index contributed by atoms with van der Waals surface area (Å²) in [6.45, 7) is 5.69. The van der Waals surface area contributed by atoms with Crippen molar-refractivity contribution in [3.05, 3.63) is 36.1 Å². The SMILES string of the molecule is CC(c1cc2ccccc2o1)N(C)CC1CCCNC1. The minimum atomic E-state index is 0.323. The number of rotatable bonds is 4. The third-order valence-electron chi connectivity index (χ3n) is 4.46. The molecule has 3 rings (SSSR count). The molecule has 0 radical (unpaired) electrons. The Morgan fingerprint density at radius 2 is 2.25 bits per heavy atom. The molecule has 0 saturated carbocycles. The van der Waals surface area contributed by atoms with Crippen LogP contribution >= 0.6 is 0 Å². The van der Waals surface area contributed by atoms with Gasteiger partial charge in [-0.25, -0.2) is 0 Å². The van der Waals surface area contributed by atoms with Crippen LogP contribution in [0.5, 0.6) is 0 Å². The summed E-state index contributed by atoms with van der Waals surface area (Å²) in [6, 6.07) is 10.7. The van der Waals surface area contributed by atoms with E-state index in [1.165, 1.54) is 24.8 Å². The highest BCUT2D eigenvalue weighted by atomic mass is 16.3. The average Bonchev–Trinajstić information content (AvgIpc) is 2.91. The molecule has 108 valence electrons. The molecule has 0 spiro atoms. The van der Waals surface area contributed by atoms with E-state index in [1.807, 2.05) is 12.1 Å². The molecule has 1 fully saturated rings. The second-order valence-corrected chi connectivity index (χ2v) is 6.01. The van der Waals surface area contributed by atoms with Crippen molar-refractivity contribution in [3.63, 3.8) is 0 Å². The molecule has 3 heteroatoms. The minimum Gasteiger partial charge on any atom is -0.459 e. The second kappa shape index (κ2) is 5.98. The lowest BCUT2D eigenvalue weighted by Crippen LogP contribution is -2.37. The van der Waals surface area contributed by atoms with E-state index in [4.69, 9.17) is 4.42 Å². The lowest BCUT2D eigenvalue weighted by Gasteiger charge is -2.30. The molecule has 1 aliphatic heterocycles. The maximum Gasteiger partial charge on any atom is 0.134 e. The van der Waals surface area contributed by atoms with Gasteiger partial charge in [-0.1, -0.05) is 18.2 Å². The standard InChI is InChI=1S/C17H24N2O/c1-13(19(2)12-14-6-5-9-18-11-14)17-10-15-7-3-4-8-16(15)20-17/h3-4,7-8,10,13-14,18H,5-6,9,11-12H2,1-2H3. The van der Waals surface area contributed by atoms with E-state index in [0.29, 0.717) is 6.04 Å². The summed E-state index contributed by atoms with van der Waals surface area (Å²) >= 11 is 0. The quantitative estimate of drug-likeness (QED) is 0.924. The summed E-state index contributed by atoms with van der Waals surface area (Å²) in [5, 5.41) is 4.69. The Morgan fingerprint density at radius 1 is 1.40 bits per heavy atom. The number of hydrogen-bond donors (Lipinski definition) is 1. The van der Waals surface area contributed by atoms with Crippen molar-refractivity contribution in [2.75, 3.05) is 26.7 Å². The summed E-state index contributed by atoms with van der Waals surface area (Å²) in [5.74, 6) is 1.83. The number of fused-ring (bicyclic) bond motifs is 1. The maximum atomic E-state index is 5.98. The number of furan rings is 1. The summed E-state index contributed by atoms with van der Waals surface area (Å²) in [7, 11) is 2.20. The van der Waals surface area contributed by atoms with Crippen LogP contribution in [-0.2, 0) is 0 Å². The Morgan fingerprint density at radius 3 is 3.00 bits per heavy atom. The van der Waals surface area contributed by atoms with Gasteiger partial charge < -0.3 is 9.73 Å². The van der Waals surface area contributed by atoms with E-state index in [2.05, 4.69) is 42.4 Å². The highest BCUT2D eigenvalue weighted by Crippen LogP contribution is 2.27. The average molecular weight is 272 g/mol. The molecule has 2 atom stereocenters. The lowest BCUT2D eigenvalue weighted by molar-refractivity contribution is 0.183. The molecule has 2 aromatic rings. The molecule has 20 heavy (non-hydrogen) atoms. The zero-order valence-corrected chi connectivity index (χ0v) is 12.4. The van der Waals surface area contributed by atoms with Crippen LogP contribution in [0.4, 0.5) is 0 Å². The number of hydrogen-bond acceptors (Lipinski definition) is 3. The number of benzene rings is 1. The molecule has 1 aromatic heterocycles. The highest BCUT2D eigenvalue weighted by Gasteiger charge is 2.21. The van der Waals surface area contributed by atoms with Gasteiger partial charge in [0, 0.05) is 11.9 Å². The maximum absolute atomic E-state index is 5.98. The van der Waals surface area contributed by atoms with E-state index in [-0.39, 0.29) is 0 Å². The number of nitrogens with zero attached hydrogens (tertiary/aromatic N) is 1. The van der Waals surface area contributed by atoms with Gasteiger partial charge in [0.1, 0.15) is 11.3 Å². The summed E-state index contributed by atoms with van der Waals surface area (Å²) in [6.07, 6.45) is 2.64. The Kier molecular flexibility index (Phi) is 4.08. The highest BCUT2D eigenvalue weighted by molar-refractivity contribution is 5.77. The van der Waals surface area contributed by atoms with Gasteiger partial charge in [0.15, 0.2) is 0 Å². The van der Waals surface area contributed by atoms with Crippen LogP contribution in [0.3, 0.4) is 0 Å². The molecule has 1 aliphatic rings. The fourth-order valence-corrected chi connectivity index (χ4v) is 3.07. The van der Waals surface area contributed by atoms with E-state index in [0.717, 1.165) is 30.4 Å². The number of para-hydroxylation sites is 1. The van der Waals surface area contributed by atoms with Crippen LogP contribution in [-0.4, -0.2) is 31.6 Å². The van der Waals surface area contributed by atoms with Crippen LogP contribution in [0, 0.1) is 5.92 Å². The normalized spacial score (nSPS) is 21.4. The van der Waals surface area contributed by atoms with Gasteiger partial charge in [-0.15, -0.1) is 0 Å². The van der Waals surface area contributed by atoms with Crippen molar-refractivity contribution in [1.29, 1.82) is 0 Å². The van der Waals surface area contributed by atoms with Gasteiger partial charge in [-0.05, 0) is 58.0 Å². The van der Waals surface area contributed by atoms with Gasteiger partial charge >= 0.3 is 0 Å². The minimum absolute atomic E-state index is 0.323. The lowest BCUT2D eigenvalue weighted by atomic mass is 9.98. The Labute approximate surface area is 120 Å². The summed E-state index contributed by atoms with van der Waals surface area (Å²) < 4.78 is 5.98. The third kappa shape index (κ3) is 2.89. The number of piperidine rings is 1. The Bertz CT molecular complexity index is 524. The Hall–Kier alpha value is -1.32. The van der Waals surface area contributed by atoms with Crippen LogP contribution in [0.1, 0.15) is 31.6 Å². The predicted molar refractivity (Wildman–Crippen MR) is 82.9 cm³/mol. The van der Waals surface area contributed by atoms with Gasteiger partial charge in [0.2, 0.25) is 0 Å². The van der Waals surface area contributed by atoms with Crippen LogP contribution in [0.25, 0.3) is 11.0 Å². The Balaban J connectivity index is 1.68. The molecule has 1 saturated heterocycles. The van der Waals surface area contributed by atoms with Gasteiger partial charge in [-0.3, -0.25) is 4.90 Å². The first kappa shape index (κ1) is 13.7. The van der Waals surface area contributed by atoms with Crippen molar-refractivity contribution >= 4 is 11.0 Å². The topological polar surface area (TPSA) is 28.4 Å². The molecule has 0 amide bonds. The molecule has 2 unspecified atom stereocenters. The van der Waals surface area contributed by atoms with E-state index in [1.54, 1.807) is 0 Å². The molecule has 3 nitrogen and oxygen atoms in total. The van der Waals surface area contributed by atoms with Crippen LogP contribution < -0.4 is 5.32 Å². The molecule has 1 N–H and O–H groups in total. The van der Waals surface area contributed by atoms with Gasteiger partial charge in [0.05, 0.1) is 6.04 Å². The van der Waals surface area contributed by atoms with Crippen molar-refractivity contribution in [2.24, 2.45) is 5.92 Å². The zero-order chi connectivity index (χ0) is 13.9. The van der Waals surface area contributed by atoms with Crippen molar-refractivity contribution in [3.8, 4) is 0 Å². The molecule has 0 aliphatic carbocycles. The molecular formula is C17H24N2O. The molecule has 1 aromatic carbocycles. The first-order valence-electron chi connectivity index (χ1n) is 7.63. The van der Waals surface area contributed by atoms with Crippen molar-refractivity contribution in [2.45, 2.75) is 25.8 Å². The van der Waals surface area contributed by atoms with Gasteiger partial charge in [-0.2, -0.15) is 0 Å². The van der Waals surface area contributed by atoms with Gasteiger partial charge in [0.25, 0.3) is 0 Å². The first-order valence-corrected chi connectivity index (χ1v) is 7.63. The zero-order valence-electron chi connectivity index (χ0n) is 12.4. The van der Waals surface area contributed by atoms with Crippen molar-refractivity contribution < 1.29 is 4.42 Å².